The van der Waals surface area contributed by atoms with E-state index in [1.54, 1.807) is 0 Å². The zero-order chi connectivity index (χ0) is 12.4. The van der Waals surface area contributed by atoms with Crippen molar-refractivity contribution in [1.82, 2.24) is 9.80 Å². The Labute approximate surface area is 104 Å². The molecule has 4 heteroatoms. The number of amides is 2. The molecule has 0 bridgehead atoms. The lowest BCUT2D eigenvalue weighted by molar-refractivity contribution is 0.137. The van der Waals surface area contributed by atoms with Crippen molar-refractivity contribution in [1.29, 1.82) is 0 Å². The summed E-state index contributed by atoms with van der Waals surface area (Å²) in [4.78, 5) is 16.3. The van der Waals surface area contributed by atoms with E-state index >= 15 is 0 Å². The molecule has 2 aliphatic heterocycles. The molecule has 3 atom stereocenters. The molecular formula is C13H25N3O. The Balaban J connectivity index is 1.88. The third-order valence-electron chi connectivity index (χ3n) is 4.17. The van der Waals surface area contributed by atoms with Crippen LogP contribution in [0.4, 0.5) is 4.79 Å². The Bertz CT molecular complexity index is 280. The number of rotatable bonds is 1. The summed E-state index contributed by atoms with van der Waals surface area (Å²) in [7, 11) is 0. The van der Waals surface area contributed by atoms with Gasteiger partial charge in [-0.2, -0.15) is 0 Å². The molecule has 3 unspecified atom stereocenters. The van der Waals surface area contributed by atoms with Crippen LogP contribution in [0.1, 0.15) is 33.1 Å². The zero-order valence-corrected chi connectivity index (χ0v) is 11.1. The number of urea groups is 1. The molecule has 0 saturated carbocycles. The van der Waals surface area contributed by atoms with Gasteiger partial charge in [0.05, 0.1) is 0 Å². The van der Waals surface area contributed by atoms with Crippen LogP contribution in [0, 0.1) is 11.8 Å². The van der Waals surface area contributed by atoms with Gasteiger partial charge >= 0.3 is 6.03 Å². The number of piperidine rings is 1. The van der Waals surface area contributed by atoms with E-state index in [9.17, 15) is 4.79 Å². The molecule has 2 amide bonds. The molecule has 2 fully saturated rings. The number of nitrogens with two attached hydrogens (primary N) is 1. The first-order valence-electron chi connectivity index (χ1n) is 6.87. The highest BCUT2D eigenvalue weighted by Gasteiger charge is 2.32. The second kappa shape index (κ2) is 5.25. The van der Waals surface area contributed by atoms with Gasteiger partial charge in [0.2, 0.25) is 0 Å². The quantitative estimate of drug-likeness (QED) is 0.754. The molecule has 2 aliphatic rings. The fourth-order valence-electron chi connectivity index (χ4n) is 2.95. The maximum Gasteiger partial charge on any atom is 0.320 e. The van der Waals surface area contributed by atoms with Crippen molar-refractivity contribution < 1.29 is 4.79 Å². The Morgan fingerprint density at radius 3 is 2.53 bits per heavy atom. The molecule has 0 aromatic heterocycles. The van der Waals surface area contributed by atoms with Crippen molar-refractivity contribution in [3.63, 3.8) is 0 Å². The standard InChI is InChI=1S/C13H25N3O/c1-10-4-3-6-15(8-10)13(17)16-7-5-12(9-16)11(2)14/h10-12H,3-9,14H2,1-2H3. The number of hydrogen-bond donors (Lipinski definition) is 1. The molecule has 0 aliphatic carbocycles. The molecule has 98 valence electrons. The third-order valence-corrected chi connectivity index (χ3v) is 4.17. The molecule has 2 saturated heterocycles. The Kier molecular flexibility index (Phi) is 3.92. The number of carbonyl (C=O) groups excluding carboxylic acids is 1. The second-order valence-electron chi connectivity index (χ2n) is 5.83. The predicted octanol–water partition coefficient (Wildman–Crippen LogP) is 1.51. The van der Waals surface area contributed by atoms with Crippen LogP contribution >= 0.6 is 0 Å². The molecule has 2 heterocycles. The van der Waals surface area contributed by atoms with E-state index in [4.69, 9.17) is 5.73 Å². The van der Waals surface area contributed by atoms with Gasteiger partial charge in [-0.3, -0.25) is 0 Å². The molecule has 4 nitrogen and oxygen atoms in total. The lowest BCUT2D eigenvalue weighted by atomic mass is 10.0. The molecule has 0 aromatic rings. The van der Waals surface area contributed by atoms with Crippen molar-refractivity contribution in [2.75, 3.05) is 26.2 Å². The fraction of sp³-hybridized carbons (Fsp3) is 0.923. The molecule has 0 radical (unpaired) electrons. The monoisotopic (exact) mass is 239 g/mol. The summed E-state index contributed by atoms with van der Waals surface area (Å²) in [6.07, 6.45) is 3.47. The Morgan fingerprint density at radius 2 is 1.94 bits per heavy atom. The third kappa shape index (κ3) is 2.92. The van der Waals surface area contributed by atoms with Gasteiger partial charge in [-0.15, -0.1) is 0 Å². The van der Waals surface area contributed by atoms with Crippen LogP contribution in [0.3, 0.4) is 0 Å². The second-order valence-corrected chi connectivity index (χ2v) is 5.83. The maximum atomic E-state index is 12.3. The Morgan fingerprint density at radius 1 is 1.24 bits per heavy atom. The lowest BCUT2D eigenvalue weighted by Gasteiger charge is -2.34. The van der Waals surface area contributed by atoms with Crippen molar-refractivity contribution in [2.45, 2.75) is 39.2 Å². The molecular weight excluding hydrogens is 214 g/mol. The average molecular weight is 239 g/mol. The van der Waals surface area contributed by atoms with Crippen LogP contribution in [0.15, 0.2) is 0 Å². The van der Waals surface area contributed by atoms with Crippen LogP contribution in [-0.2, 0) is 0 Å². The van der Waals surface area contributed by atoms with Gasteiger partial charge in [-0.25, -0.2) is 4.79 Å². The van der Waals surface area contributed by atoms with E-state index in [0.717, 1.165) is 39.0 Å². The zero-order valence-electron chi connectivity index (χ0n) is 11.1. The van der Waals surface area contributed by atoms with Gasteiger partial charge in [0, 0.05) is 32.2 Å². The number of likely N-dealkylation sites (tertiary alicyclic amines) is 2. The summed E-state index contributed by atoms with van der Waals surface area (Å²) >= 11 is 0. The molecule has 2 N–H and O–H groups in total. The fourth-order valence-corrected chi connectivity index (χ4v) is 2.95. The molecule has 0 aromatic carbocycles. The van der Waals surface area contributed by atoms with E-state index in [0.29, 0.717) is 11.8 Å². The van der Waals surface area contributed by atoms with E-state index in [2.05, 4.69) is 6.92 Å². The van der Waals surface area contributed by atoms with Crippen molar-refractivity contribution in [3.8, 4) is 0 Å². The molecule has 2 rings (SSSR count). The highest BCUT2D eigenvalue weighted by atomic mass is 16.2. The van der Waals surface area contributed by atoms with Gasteiger partial charge in [-0.05, 0) is 38.0 Å². The highest BCUT2D eigenvalue weighted by molar-refractivity contribution is 5.74. The van der Waals surface area contributed by atoms with Crippen LogP contribution in [0.5, 0.6) is 0 Å². The van der Waals surface area contributed by atoms with Gasteiger partial charge in [0.25, 0.3) is 0 Å². The largest absolute Gasteiger partial charge is 0.328 e. The highest BCUT2D eigenvalue weighted by Crippen LogP contribution is 2.22. The maximum absolute atomic E-state index is 12.3. The summed E-state index contributed by atoms with van der Waals surface area (Å²) in [5, 5.41) is 0. The number of hydrogen-bond acceptors (Lipinski definition) is 2. The van der Waals surface area contributed by atoms with Gasteiger partial charge in [-0.1, -0.05) is 6.92 Å². The van der Waals surface area contributed by atoms with Crippen LogP contribution in [0.2, 0.25) is 0 Å². The SMILES string of the molecule is CC1CCCN(C(=O)N2CCC(C(C)N)C2)C1. The first-order valence-corrected chi connectivity index (χ1v) is 6.87. The minimum Gasteiger partial charge on any atom is -0.328 e. The van der Waals surface area contributed by atoms with Crippen LogP contribution < -0.4 is 5.73 Å². The molecule has 17 heavy (non-hydrogen) atoms. The van der Waals surface area contributed by atoms with E-state index < -0.39 is 0 Å². The van der Waals surface area contributed by atoms with Crippen molar-refractivity contribution in [2.24, 2.45) is 17.6 Å². The summed E-state index contributed by atoms with van der Waals surface area (Å²) in [6.45, 7) is 7.87. The average Bonchev–Trinajstić information content (AvgIpc) is 2.77. The van der Waals surface area contributed by atoms with Gasteiger partial charge in [0.1, 0.15) is 0 Å². The van der Waals surface area contributed by atoms with Gasteiger partial charge in [0.15, 0.2) is 0 Å². The smallest absolute Gasteiger partial charge is 0.320 e. The van der Waals surface area contributed by atoms with E-state index in [1.165, 1.54) is 6.42 Å². The minimum absolute atomic E-state index is 0.202. The minimum atomic E-state index is 0.202. The van der Waals surface area contributed by atoms with E-state index in [-0.39, 0.29) is 12.1 Å². The summed E-state index contributed by atoms with van der Waals surface area (Å²) in [5.41, 5.74) is 5.91. The van der Waals surface area contributed by atoms with Crippen molar-refractivity contribution in [3.05, 3.63) is 0 Å². The predicted molar refractivity (Wildman–Crippen MR) is 68.7 cm³/mol. The number of carbonyl (C=O) groups is 1. The first-order chi connectivity index (χ1) is 8.08. The normalized spacial score (nSPS) is 31.7. The van der Waals surface area contributed by atoms with Gasteiger partial charge < -0.3 is 15.5 Å². The van der Waals surface area contributed by atoms with Crippen LogP contribution in [-0.4, -0.2) is 48.1 Å². The van der Waals surface area contributed by atoms with E-state index in [1.807, 2.05) is 16.7 Å². The topological polar surface area (TPSA) is 49.6 Å². The summed E-state index contributed by atoms with van der Waals surface area (Å²) in [6, 6.07) is 0.438. The summed E-state index contributed by atoms with van der Waals surface area (Å²) < 4.78 is 0. The first kappa shape index (κ1) is 12.7. The lowest BCUT2D eigenvalue weighted by Crippen LogP contribution is -2.46. The van der Waals surface area contributed by atoms with Crippen molar-refractivity contribution >= 4 is 6.03 Å². The van der Waals surface area contributed by atoms with Crippen LogP contribution in [0.25, 0.3) is 0 Å². The molecule has 0 spiro atoms. The number of nitrogens with zero attached hydrogens (tertiary/aromatic N) is 2. The Hall–Kier alpha value is -0.770. The summed E-state index contributed by atoms with van der Waals surface area (Å²) in [5.74, 6) is 1.14.